The van der Waals surface area contributed by atoms with Crippen LogP contribution in [0, 0.1) is 0 Å². The van der Waals surface area contributed by atoms with Crippen LogP contribution in [0.15, 0.2) is 22.8 Å². The van der Waals surface area contributed by atoms with E-state index >= 15 is 0 Å². The van der Waals surface area contributed by atoms with Gasteiger partial charge in [-0.15, -0.1) is 0 Å². The zero-order valence-electron chi connectivity index (χ0n) is 23.0. The Kier molecular flexibility index (Phi) is 8.28. The fourth-order valence-electron chi connectivity index (χ4n) is 5.31. The molecule has 4 aliphatic rings. The quantitative estimate of drug-likeness (QED) is 0.478. The number of rotatable bonds is 1. The van der Waals surface area contributed by atoms with E-state index in [9.17, 15) is 9.59 Å². The first-order chi connectivity index (χ1) is 17.3. The molecular formula is C27H42BrN5O4. The number of piperazine rings is 2. The highest BCUT2D eigenvalue weighted by molar-refractivity contribution is 9.10. The lowest BCUT2D eigenvalue weighted by Crippen LogP contribution is -2.66. The van der Waals surface area contributed by atoms with Crippen molar-refractivity contribution >= 4 is 33.9 Å². The van der Waals surface area contributed by atoms with E-state index in [2.05, 4.69) is 31.1 Å². The van der Waals surface area contributed by atoms with Gasteiger partial charge in [-0.2, -0.15) is 0 Å². The maximum Gasteiger partial charge on any atom is 0.410 e. The van der Waals surface area contributed by atoms with Crippen LogP contribution in [-0.4, -0.2) is 88.5 Å². The van der Waals surface area contributed by atoms with Crippen LogP contribution in [0.1, 0.15) is 67.2 Å². The van der Waals surface area contributed by atoms with Gasteiger partial charge in [0.05, 0.1) is 18.1 Å². The molecule has 2 aliphatic carbocycles. The molecule has 2 saturated carbocycles. The number of amides is 2. The molecule has 0 aromatic carbocycles. The second-order valence-electron chi connectivity index (χ2n) is 12.3. The van der Waals surface area contributed by atoms with E-state index in [1.165, 1.54) is 6.42 Å². The van der Waals surface area contributed by atoms with E-state index in [-0.39, 0.29) is 23.8 Å². The van der Waals surface area contributed by atoms with Crippen molar-refractivity contribution in [2.75, 3.05) is 31.1 Å². The Morgan fingerprint density at radius 3 is 1.97 bits per heavy atom. The second-order valence-corrected chi connectivity index (χ2v) is 13.1. The first-order valence-electron chi connectivity index (χ1n) is 13.4. The highest BCUT2D eigenvalue weighted by atomic mass is 79.9. The van der Waals surface area contributed by atoms with Crippen molar-refractivity contribution < 1.29 is 19.1 Å². The van der Waals surface area contributed by atoms with E-state index in [1.807, 2.05) is 69.5 Å². The number of nitrogens with one attached hydrogen (secondary N) is 1. The lowest BCUT2D eigenvalue weighted by molar-refractivity contribution is -0.0105. The minimum absolute atomic E-state index is 0.154. The smallest absolute Gasteiger partial charge is 0.410 e. The average molecular weight is 581 g/mol. The maximum absolute atomic E-state index is 12.4. The Labute approximate surface area is 229 Å². The Morgan fingerprint density at radius 2 is 1.46 bits per heavy atom. The number of halogens is 1. The Bertz CT molecular complexity index is 978. The molecule has 1 N–H and O–H groups in total. The monoisotopic (exact) mass is 579 g/mol. The SMILES string of the molecule is CC(C)(C)OC(=O)N1CCN(c2cccc(Br)n2)[C@@H]2CC[C@H]21.CC(C)(C)OC(=O)N1CCN[C@@H]2CC[C@H]21. The van der Waals surface area contributed by atoms with Gasteiger partial charge in [0, 0.05) is 32.2 Å². The molecule has 1 aromatic rings. The number of carbonyl (C=O) groups is 2. The predicted octanol–water partition coefficient (Wildman–Crippen LogP) is 4.79. The number of hydrogen-bond donors (Lipinski definition) is 1. The largest absolute Gasteiger partial charge is 0.444 e. The summed E-state index contributed by atoms with van der Waals surface area (Å²) in [6.45, 7) is 14.6. The van der Waals surface area contributed by atoms with Crippen molar-refractivity contribution in [2.45, 2.75) is 103 Å². The third kappa shape index (κ3) is 6.88. The third-order valence-corrected chi connectivity index (χ3v) is 7.67. The highest BCUT2D eigenvalue weighted by Crippen LogP contribution is 2.37. The molecule has 206 valence electrons. The van der Waals surface area contributed by atoms with Gasteiger partial charge in [-0.05, 0) is 95.3 Å². The van der Waals surface area contributed by atoms with Gasteiger partial charge in [-0.25, -0.2) is 14.6 Å². The Balaban J connectivity index is 0.000000186. The summed E-state index contributed by atoms with van der Waals surface area (Å²) >= 11 is 3.43. The second kappa shape index (κ2) is 11.0. The normalized spacial score (nSPS) is 26.9. The molecule has 5 rings (SSSR count). The molecule has 4 atom stereocenters. The van der Waals surface area contributed by atoms with E-state index in [0.29, 0.717) is 24.7 Å². The molecule has 2 amide bonds. The lowest BCUT2D eigenvalue weighted by Gasteiger charge is -2.53. The van der Waals surface area contributed by atoms with Crippen molar-refractivity contribution in [2.24, 2.45) is 0 Å². The van der Waals surface area contributed by atoms with E-state index in [4.69, 9.17) is 9.47 Å². The topological polar surface area (TPSA) is 87.2 Å². The van der Waals surface area contributed by atoms with Crippen LogP contribution in [0.4, 0.5) is 15.4 Å². The van der Waals surface area contributed by atoms with Crippen LogP contribution in [0.3, 0.4) is 0 Å². The number of nitrogens with zero attached hydrogens (tertiary/aromatic N) is 4. The van der Waals surface area contributed by atoms with Crippen molar-refractivity contribution in [1.29, 1.82) is 0 Å². The van der Waals surface area contributed by atoms with Gasteiger partial charge in [0.2, 0.25) is 0 Å². The van der Waals surface area contributed by atoms with Crippen molar-refractivity contribution in [3.63, 3.8) is 0 Å². The van der Waals surface area contributed by atoms with Gasteiger partial charge in [0.1, 0.15) is 21.6 Å². The number of fused-ring (bicyclic) bond motifs is 2. The van der Waals surface area contributed by atoms with Crippen LogP contribution in [0.2, 0.25) is 0 Å². The van der Waals surface area contributed by atoms with Gasteiger partial charge in [0.15, 0.2) is 0 Å². The van der Waals surface area contributed by atoms with Crippen LogP contribution in [0.5, 0.6) is 0 Å². The zero-order valence-corrected chi connectivity index (χ0v) is 24.6. The molecule has 0 unspecified atom stereocenters. The summed E-state index contributed by atoms with van der Waals surface area (Å²) in [7, 11) is 0. The molecule has 4 fully saturated rings. The number of carbonyl (C=O) groups excluding carboxylic acids is 2. The predicted molar refractivity (Wildman–Crippen MR) is 147 cm³/mol. The summed E-state index contributed by atoms with van der Waals surface area (Å²) in [4.78, 5) is 34.9. The standard InChI is InChI=1S/C16H22BrN3O2.C11H20N2O2/c1-16(2,3)22-15(21)20-10-9-19(11-7-8-12(11)20)14-6-4-5-13(17)18-14;1-11(2,3)15-10(14)13-7-6-12-8-4-5-9(8)13/h4-6,11-12H,7-10H2,1-3H3;8-9,12H,4-7H2,1-3H3/t11-,12-;8-,9-/m11/s1. The van der Waals surface area contributed by atoms with Crippen LogP contribution < -0.4 is 10.2 Å². The van der Waals surface area contributed by atoms with E-state index in [1.54, 1.807) is 0 Å². The molecule has 0 radical (unpaired) electrons. The van der Waals surface area contributed by atoms with Crippen LogP contribution in [-0.2, 0) is 9.47 Å². The number of anilines is 1. The van der Waals surface area contributed by atoms with Crippen molar-refractivity contribution in [1.82, 2.24) is 20.1 Å². The summed E-state index contributed by atoms with van der Waals surface area (Å²) in [6.07, 6.45) is 4.08. The zero-order chi connectivity index (χ0) is 27.0. The first-order valence-corrected chi connectivity index (χ1v) is 14.2. The molecular weight excluding hydrogens is 538 g/mol. The van der Waals surface area contributed by atoms with E-state index in [0.717, 1.165) is 49.3 Å². The van der Waals surface area contributed by atoms with Gasteiger partial charge in [0.25, 0.3) is 0 Å². The molecule has 0 spiro atoms. The first kappa shape index (κ1) is 28.0. The molecule has 1 aromatic heterocycles. The van der Waals surface area contributed by atoms with Gasteiger partial charge < -0.3 is 29.5 Å². The molecule has 37 heavy (non-hydrogen) atoms. The summed E-state index contributed by atoms with van der Waals surface area (Å²) in [5.74, 6) is 0.980. The molecule has 0 bridgehead atoms. The van der Waals surface area contributed by atoms with Crippen molar-refractivity contribution in [3.05, 3.63) is 22.8 Å². The van der Waals surface area contributed by atoms with Gasteiger partial charge in [-0.3, -0.25) is 0 Å². The minimum atomic E-state index is -0.445. The highest BCUT2D eigenvalue weighted by Gasteiger charge is 2.46. The van der Waals surface area contributed by atoms with Gasteiger partial charge >= 0.3 is 12.2 Å². The molecule has 9 nitrogen and oxygen atoms in total. The number of pyridine rings is 1. The summed E-state index contributed by atoms with van der Waals surface area (Å²) < 4.78 is 11.8. The maximum atomic E-state index is 12.4. The van der Waals surface area contributed by atoms with Crippen LogP contribution >= 0.6 is 15.9 Å². The third-order valence-electron chi connectivity index (χ3n) is 7.23. The fourth-order valence-corrected chi connectivity index (χ4v) is 5.64. The van der Waals surface area contributed by atoms with Crippen LogP contribution in [0.25, 0.3) is 0 Å². The summed E-state index contributed by atoms with van der Waals surface area (Å²) in [5, 5.41) is 3.42. The number of aromatic nitrogens is 1. The number of ether oxygens (including phenoxy) is 2. The number of hydrogen-bond acceptors (Lipinski definition) is 7. The fraction of sp³-hybridized carbons (Fsp3) is 0.741. The van der Waals surface area contributed by atoms with Gasteiger partial charge in [-0.1, -0.05) is 6.07 Å². The molecule has 10 heteroatoms. The Morgan fingerprint density at radius 1 is 0.865 bits per heavy atom. The minimum Gasteiger partial charge on any atom is -0.444 e. The molecule has 2 saturated heterocycles. The van der Waals surface area contributed by atoms with Crippen molar-refractivity contribution in [3.8, 4) is 0 Å². The lowest BCUT2D eigenvalue weighted by atomic mass is 9.82. The van der Waals surface area contributed by atoms with E-state index < -0.39 is 5.60 Å². The average Bonchev–Trinajstić information content (AvgIpc) is 2.72. The molecule has 3 heterocycles. The summed E-state index contributed by atoms with van der Waals surface area (Å²) in [6, 6.07) is 7.43. The Hall–Kier alpha value is -2.07. The molecule has 2 aliphatic heterocycles. The summed E-state index contributed by atoms with van der Waals surface area (Å²) in [5.41, 5.74) is -0.833.